The molecule has 0 unspecified atom stereocenters. The minimum atomic E-state index is -0.111. The summed E-state index contributed by atoms with van der Waals surface area (Å²) in [4.78, 5) is 22.4. The van der Waals surface area contributed by atoms with Crippen LogP contribution in [0.5, 0.6) is 0 Å². The van der Waals surface area contributed by atoms with Gasteiger partial charge in [-0.25, -0.2) is 4.79 Å². The summed E-state index contributed by atoms with van der Waals surface area (Å²) in [5, 5.41) is 2.94. The van der Waals surface area contributed by atoms with Gasteiger partial charge in [0.1, 0.15) is 0 Å². The van der Waals surface area contributed by atoms with Crippen LogP contribution in [0.4, 0.5) is 4.79 Å². The first kappa shape index (κ1) is 13.3. The van der Waals surface area contributed by atoms with Crippen LogP contribution in [0.3, 0.4) is 0 Å². The number of amides is 2. The molecule has 108 valence electrons. The molecule has 2 atom stereocenters. The Kier molecular flexibility index (Phi) is 3.33. The van der Waals surface area contributed by atoms with Gasteiger partial charge in [0.05, 0.1) is 11.4 Å². The van der Waals surface area contributed by atoms with Gasteiger partial charge in [-0.2, -0.15) is 0 Å². The lowest BCUT2D eigenvalue weighted by molar-refractivity contribution is 0.187. The lowest BCUT2D eigenvalue weighted by atomic mass is 9.70. The summed E-state index contributed by atoms with van der Waals surface area (Å²) in [6, 6.07) is -0.00991. The van der Waals surface area contributed by atoms with E-state index < -0.39 is 0 Å². The van der Waals surface area contributed by atoms with Crippen LogP contribution >= 0.6 is 0 Å². The van der Waals surface area contributed by atoms with E-state index in [9.17, 15) is 4.79 Å². The van der Waals surface area contributed by atoms with Gasteiger partial charge in [0.2, 0.25) is 0 Å². The fourth-order valence-electron chi connectivity index (χ4n) is 3.00. The molecule has 20 heavy (non-hydrogen) atoms. The van der Waals surface area contributed by atoms with Crippen molar-refractivity contribution in [1.29, 1.82) is 0 Å². The van der Waals surface area contributed by atoms with E-state index in [2.05, 4.69) is 15.3 Å². The Balaban J connectivity index is 1.45. The van der Waals surface area contributed by atoms with Crippen molar-refractivity contribution in [2.24, 2.45) is 11.7 Å². The van der Waals surface area contributed by atoms with Crippen LogP contribution in [0, 0.1) is 12.8 Å². The second-order valence-electron chi connectivity index (χ2n) is 5.98. The van der Waals surface area contributed by atoms with Crippen LogP contribution in [0.2, 0.25) is 0 Å². The summed E-state index contributed by atoms with van der Waals surface area (Å²) in [6.07, 6.45) is 6.39. The highest BCUT2D eigenvalue weighted by molar-refractivity contribution is 5.74. The Hall–Kier alpha value is -1.69. The van der Waals surface area contributed by atoms with Gasteiger partial charge in [-0.3, -0.25) is 9.97 Å². The van der Waals surface area contributed by atoms with Crippen LogP contribution < -0.4 is 11.1 Å². The van der Waals surface area contributed by atoms with Crippen LogP contribution in [0.25, 0.3) is 0 Å². The van der Waals surface area contributed by atoms with Gasteiger partial charge in [-0.1, -0.05) is 0 Å². The largest absolute Gasteiger partial charge is 0.338 e. The predicted molar refractivity (Wildman–Crippen MR) is 75.1 cm³/mol. The highest BCUT2D eigenvalue weighted by Crippen LogP contribution is 2.42. The van der Waals surface area contributed by atoms with E-state index in [0.29, 0.717) is 25.4 Å². The van der Waals surface area contributed by atoms with Gasteiger partial charge in [0.15, 0.2) is 0 Å². The van der Waals surface area contributed by atoms with E-state index in [-0.39, 0.29) is 11.6 Å². The van der Waals surface area contributed by atoms with E-state index in [1.807, 2.05) is 11.8 Å². The molecule has 2 heterocycles. The molecule has 0 spiro atoms. The molecule has 1 aliphatic heterocycles. The summed E-state index contributed by atoms with van der Waals surface area (Å²) in [7, 11) is 0. The Labute approximate surface area is 118 Å². The maximum absolute atomic E-state index is 12.1. The van der Waals surface area contributed by atoms with Crippen LogP contribution in [0.1, 0.15) is 24.2 Å². The molecule has 1 aromatic rings. The van der Waals surface area contributed by atoms with Crippen molar-refractivity contribution in [1.82, 2.24) is 20.2 Å². The Morgan fingerprint density at radius 1 is 1.55 bits per heavy atom. The van der Waals surface area contributed by atoms with Crippen molar-refractivity contribution in [3.63, 3.8) is 0 Å². The number of carbonyl (C=O) groups is 1. The highest BCUT2D eigenvalue weighted by Gasteiger charge is 2.51. The first-order chi connectivity index (χ1) is 9.57. The zero-order chi connectivity index (χ0) is 14.2. The van der Waals surface area contributed by atoms with E-state index in [1.165, 1.54) is 0 Å². The number of hydrogen-bond donors (Lipinski definition) is 2. The number of carbonyl (C=O) groups excluding carboxylic acids is 1. The number of nitrogens with zero attached hydrogens (tertiary/aromatic N) is 3. The smallest absolute Gasteiger partial charge is 0.317 e. The van der Waals surface area contributed by atoms with Gasteiger partial charge in [-0.05, 0) is 25.7 Å². The standard InChI is InChI=1S/C14H21N5O/c1-10-6-18-12(7-17-10)3-5-16-13(20)19-8-11-2-4-14(11,15)9-19/h6-7,11H,2-5,8-9,15H2,1H3,(H,16,20)/t11-,14-/m0/s1. The molecular formula is C14H21N5O. The zero-order valence-electron chi connectivity index (χ0n) is 11.8. The summed E-state index contributed by atoms with van der Waals surface area (Å²) >= 11 is 0. The van der Waals surface area contributed by atoms with E-state index in [1.54, 1.807) is 12.4 Å². The summed E-state index contributed by atoms with van der Waals surface area (Å²) in [5.41, 5.74) is 7.92. The maximum atomic E-state index is 12.1. The van der Waals surface area contributed by atoms with Crippen molar-refractivity contribution >= 4 is 6.03 Å². The molecule has 1 aliphatic carbocycles. The van der Waals surface area contributed by atoms with Crippen LogP contribution in [-0.4, -0.2) is 46.1 Å². The van der Waals surface area contributed by atoms with Gasteiger partial charge < -0.3 is 16.0 Å². The molecule has 3 N–H and O–H groups in total. The summed E-state index contributed by atoms with van der Waals surface area (Å²) in [6.45, 7) is 3.97. The number of likely N-dealkylation sites (tertiary alicyclic amines) is 1. The molecule has 1 saturated heterocycles. The number of nitrogens with two attached hydrogens (primary N) is 1. The molecule has 1 aromatic heterocycles. The molecule has 2 amide bonds. The van der Waals surface area contributed by atoms with Crippen molar-refractivity contribution in [3.05, 3.63) is 23.8 Å². The number of aryl methyl sites for hydroxylation is 1. The molecule has 6 nitrogen and oxygen atoms in total. The van der Waals surface area contributed by atoms with E-state index >= 15 is 0 Å². The lowest BCUT2D eigenvalue weighted by Gasteiger charge is -2.39. The number of nitrogens with one attached hydrogen (secondary N) is 1. The first-order valence-corrected chi connectivity index (χ1v) is 7.16. The fourth-order valence-corrected chi connectivity index (χ4v) is 3.00. The SMILES string of the molecule is Cc1cnc(CCNC(=O)N2C[C@@H]3CC[C@]3(N)C2)cn1. The number of rotatable bonds is 3. The Bertz CT molecular complexity index is 503. The van der Waals surface area contributed by atoms with Gasteiger partial charge in [0.25, 0.3) is 0 Å². The minimum Gasteiger partial charge on any atom is -0.338 e. The van der Waals surface area contributed by atoms with Crippen molar-refractivity contribution in [2.75, 3.05) is 19.6 Å². The maximum Gasteiger partial charge on any atom is 0.317 e. The zero-order valence-corrected chi connectivity index (χ0v) is 11.8. The van der Waals surface area contributed by atoms with Crippen molar-refractivity contribution < 1.29 is 4.79 Å². The molecule has 0 aromatic carbocycles. The molecule has 0 radical (unpaired) electrons. The summed E-state index contributed by atoms with van der Waals surface area (Å²) < 4.78 is 0. The molecule has 6 heteroatoms. The second kappa shape index (κ2) is 5.01. The predicted octanol–water partition coefficient (Wildman–Crippen LogP) is 0.460. The highest BCUT2D eigenvalue weighted by atomic mass is 16.2. The van der Waals surface area contributed by atoms with E-state index in [0.717, 1.165) is 30.8 Å². The normalized spacial score (nSPS) is 27.9. The molecule has 3 rings (SSSR count). The average molecular weight is 275 g/mol. The van der Waals surface area contributed by atoms with Gasteiger partial charge in [-0.15, -0.1) is 0 Å². The van der Waals surface area contributed by atoms with Crippen molar-refractivity contribution in [2.45, 2.75) is 31.7 Å². The van der Waals surface area contributed by atoms with Gasteiger partial charge >= 0.3 is 6.03 Å². The third-order valence-electron chi connectivity index (χ3n) is 4.48. The third-order valence-corrected chi connectivity index (χ3v) is 4.48. The third kappa shape index (κ3) is 2.47. The topological polar surface area (TPSA) is 84.1 Å². The number of aromatic nitrogens is 2. The Morgan fingerprint density at radius 3 is 2.95 bits per heavy atom. The van der Waals surface area contributed by atoms with Crippen LogP contribution in [-0.2, 0) is 6.42 Å². The molecule has 2 aliphatic rings. The number of hydrogen-bond acceptors (Lipinski definition) is 4. The number of urea groups is 1. The fraction of sp³-hybridized carbons (Fsp3) is 0.643. The number of fused-ring (bicyclic) bond motifs is 1. The second-order valence-corrected chi connectivity index (χ2v) is 5.98. The lowest BCUT2D eigenvalue weighted by Crippen LogP contribution is -2.55. The minimum absolute atomic E-state index is 0.00991. The average Bonchev–Trinajstić information content (AvgIpc) is 2.65. The quantitative estimate of drug-likeness (QED) is 0.839. The van der Waals surface area contributed by atoms with Gasteiger partial charge in [0, 0.05) is 44.0 Å². The Morgan fingerprint density at radius 2 is 2.40 bits per heavy atom. The van der Waals surface area contributed by atoms with Crippen LogP contribution in [0.15, 0.2) is 12.4 Å². The molecule has 0 bridgehead atoms. The van der Waals surface area contributed by atoms with Crippen molar-refractivity contribution in [3.8, 4) is 0 Å². The molecule has 1 saturated carbocycles. The summed E-state index contributed by atoms with van der Waals surface area (Å²) in [5.74, 6) is 0.496. The monoisotopic (exact) mass is 275 g/mol. The molecular weight excluding hydrogens is 254 g/mol. The van der Waals surface area contributed by atoms with E-state index in [4.69, 9.17) is 5.73 Å². The molecule has 2 fully saturated rings. The first-order valence-electron chi connectivity index (χ1n) is 7.16.